The molecule has 296 valence electrons. The second kappa shape index (κ2) is 36.7. The fourth-order valence-corrected chi connectivity index (χ4v) is 8.99. The van der Waals surface area contributed by atoms with Gasteiger partial charge in [0.05, 0.1) is 18.3 Å². The Morgan fingerprint density at radius 1 is 0.306 bits per heavy atom. The molecule has 6 atom stereocenters. The van der Waals surface area contributed by atoms with Crippen LogP contribution in [-0.2, 0) is 13.6 Å². The molecule has 49 heavy (non-hydrogen) atoms. The summed E-state index contributed by atoms with van der Waals surface area (Å²) in [5, 5.41) is 0. The second-order valence-corrected chi connectivity index (χ2v) is 17.0. The van der Waals surface area contributed by atoms with Gasteiger partial charge in [-0.3, -0.25) is 0 Å². The highest BCUT2D eigenvalue weighted by Gasteiger charge is 2.30. The molecule has 0 aromatic heterocycles. The fourth-order valence-electron chi connectivity index (χ4n) is 7.54. The SMILES string of the molecule is CCCCCCC(CC)CC(CCCC)OP(OC(CCCC)CC(CC)CCCCCC)OC(CCCC)CC(CC)CCCCCC. The molecule has 0 saturated heterocycles. The van der Waals surface area contributed by atoms with Gasteiger partial charge < -0.3 is 13.6 Å². The van der Waals surface area contributed by atoms with Crippen LogP contribution in [0.15, 0.2) is 0 Å². The summed E-state index contributed by atoms with van der Waals surface area (Å²) < 4.78 is 21.6. The van der Waals surface area contributed by atoms with E-state index in [0.717, 1.165) is 56.3 Å². The van der Waals surface area contributed by atoms with Gasteiger partial charge in [0.25, 0.3) is 0 Å². The minimum absolute atomic E-state index is 0.243. The lowest BCUT2D eigenvalue weighted by molar-refractivity contribution is 0.0344. The predicted octanol–water partition coefficient (Wildman–Crippen LogP) is 17.1. The molecule has 0 aliphatic carbocycles. The van der Waals surface area contributed by atoms with Crippen LogP contribution in [0.2, 0.25) is 0 Å². The number of rotatable bonds is 39. The zero-order valence-electron chi connectivity index (χ0n) is 35.3. The molecule has 0 spiro atoms. The Morgan fingerprint density at radius 2 is 0.571 bits per heavy atom. The second-order valence-electron chi connectivity index (χ2n) is 15.9. The van der Waals surface area contributed by atoms with Gasteiger partial charge in [0.2, 0.25) is 0 Å². The Bertz CT molecular complexity index is 559. The third-order valence-corrected chi connectivity index (χ3v) is 12.7. The van der Waals surface area contributed by atoms with Crippen LogP contribution in [0.3, 0.4) is 0 Å². The fraction of sp³-hybridized carbons (Fsp3) is 1.00. The van der Waals surface area contributed by atoms with E-state index in [9.17, 15) is 0 Å². The summed E-state index contributed by atoms with van der Waals surface area (Å²) in [7, 11) is -1.39. The average Bonchev–Trinajstić information content (AvgIpc) is 3.11. The first-order chi connectivity index (χ1) is 23.9. The molecule has 0 N–H and O–H groups in total. The third kappa shape index (κ3) is 28.5. The van der Waals surface area contributed by atoms with Gasteiger partial charge in [-0.1, -0.05) is 216 Å². The van der Waals surface area contributed by atoms with E-state index >= 15 is 0 Å². The highest BCUT2D eigenvalue weighted by molar-refractivity contribution is 7.41. The number of hydrogen-bond acceptors (Lipinski definition) is 3. The topological polar surface area (TPSA) is 27.7 Å². The Kier molecular flexibility index (Phi) is 36.9. The van der Waals surface area contributed by atoms with Crippen molar-refractivity contribution in [2.24, 2.45) is 17.8 Å². The first kappa shape index (κ1) is 49.3. The summed E-state index contributed by atoms with van der Waals surface area (Å²) in [5.74, 6) is 2.22. The molecule has 0 aliphatic heterocycles. The first-order valence-electron chi connectivity index (χ1n) is 22.7. The van der Waals surface area contributed by atoms with E-state index in [1.807, 2.05) is 0 Å². The van der Waals surface area contributed by atoms with Crippen LogP contribution >= 0.6 is 8.60 Å². The minimum atomic E-state index is -1.39. The van der Waals surface area contributed by atoms with Crippen LogP contribution in [0, 0.1) is 17.8 Å². The first-order valence-corrected chi connectivity index (χ1v) is 23.8. The molecule has 0 heterocycles. The van der Waals surface area contributed by atoms with Crippen molar-refractivity contribution in [3.63, 3.8) is 0 Å². The number of hydrogen-bond donors (Lipinski definition) is 0. The maximum Gasteiger partial charge on any atom is 0.333 e. The zero-order valence-corrected chi connectivity index (χ0v) is 36.2. The lowest BCUT2D eigenvalue weighted by atomic mass is 9.91. The van der Waals surface area contributed by atoms with Gasteiger partial charge in [0.15, 0.2) is 0 Å². The van der Waals surface area contributed by atoms with Gasteiger partial charge in [-0.15, -0.1) is 0 Å². The summed E-state index contributed by atoms with van der Waals surface area (Å²) in [6.45, 7) is 21.1. The van der Waals surface area contributed by atoms with E-state index in [-0.39, 0.29) is 18.3 Å². The molecule has 0 aromatic carbocycles. The van der Waals surface area contributed by atoms with Crippen molar-refractivity contribution in [3.05, 3.63) is 0 Å². The molecule has 3 nitrogen and oxygen atoms in total. The van der Waals surface area contributed by atoms with Crippen LogP contribution in [0.5, 0.6) is 0 Å². The summed E-state index contributed by atoms with van der Waals surface area (Å²) >= 11 is 0. The van der Waals surface area contributed by atoms with Crippen molar-refractivity contribution in [1.29, 1.82) is 0 Å². The summed E-state index contributed by atoms with van der Waals surface area (Å²) in [6, 6.07) is 0. The molecule has 0 radical (unpaired) electrons. The molecule has 0 fully saturated rings. The van der Waals surface area contributed by atoms with Crippen LogP contribution in [0.1, 0.15) is 255 Å². The summed E-state index contributed by atoms with van der Waals surface area (Å²) in [4.78, 5) is 0. The van der Waals surface area contributed by atoms with Gasteiger partial charge in [-0.25, -0.2) is 0 Å². The lowest BCUT2D eigenvalue weighted by Crippen LogP contribution is -2.23. The Labute approximate surface area is 312 Å². The smallest absolute Gasteiger partial charge is 0.309 e. The van der Waals surface area contributed by atoms with E-state index in [1.165, 1.54) is 154 Å². The van der Waals surface area contributed by atoms with Gasteiger partial charge in [-0.05, 0) is 56.3 Å². The van der Waals surface area contributed by atoms with Crippen molar-refractivity contribution in [3.8, 4) is 0 Å². The van der Waals surface area contributed by atoms with Crippen LogP contribution < -0.4 is 0 Å². The Morgan fingerprint density at radius 3 is 0.796 bits per heavy atom. The van der Waals surface area contributed by atoms with Crippen LogP contribution in [0.25, 0.3) is 0 Å². The molecule has 0 aliphatic rings. The third-order valence-electron chi connectivity index (χ3n) is 11.3. The molecule has 6 unspecified atom stereocenters. The van der Waals surface area contributed by atoms with E-state index in [4.69, 9.17) is 13.6 Å². The van der Waals surface area contributed by atoms with E-state index < -0.39 is 8.60 Å². The Hall–Kier alpha value is 0.310. The number of unbranched alkanes of at least 4 members (excludes halogenated alkanes) is 12. The van der Waals surface area contributed by atoms with E-state index in [0.29, 0.717) is 0 Å². The summed E-state index contributed by atoms with van der Waals surface area (Å²) in [6.07, 6.45) is 39.0. The molecule has 0 rings (SSSR count). The molecular weight excluding hydrogens is 619 g/mol. The molecular formula is C45H93O3P. The highest BCUT2D eigenvalue weighted by Crippen LogP contribution is 2.49. The molecule has 4 heteroatoms. The molecule has 0 amide bonds. The van der Waals surface area contributed by atoms with Crippen molar-refractivity contribution in [1.82, 2.24) is 0 Å². The lowest BCUT2D eigenvalue weighted by Gasteiger charge is -2.33. The van der Waals surface area contributed by atoms with Gasteiger partial charge >= 0.3 is 8.60 Å². The van der Waals surface area contributed by atoms with Crippen molar-refractivity contribution in [2.45, 2.75) is 273 Å². The largest absolute Gasteiger partial charge is 0.333 e. The zero-order chi connectivity index (χ0) is 36.4. The normalized spacial score (nSPS) is 16.3. The highest BCUT2D eigenvalue weighted by atomic mass is 31.2. The standard InChI is InChI=1S/C45H93O3P/c1-10-19-25-28-31-40(16-7)37-43(34-22-13-4)46-49(47-44(35-23-14-5)38-41(17-8)32-29-26-20-11-2)48-45(36-24-15-6)39-42(18-9)33-30-27-21-12-3/h40-45H,10-39H2,1-9H3. The van der Waals surface area contributed by atoms with Gasteiger partial charge in [-0.2, -0.15) is 0 Å². The maximum atomic E-state index is 7.21. The van der Waals surface area contributed by atoms with Crippen LogP contribution in [-0.4, -0.2) is 18.3 Å². The minimum Gasteiger partial charge on any atom is -0.309 e. The van der Waals surface area contributed by atoms with Crippen molar-refractivity contribution >= 4 is 8.60 Å². The van der Waals surface area contributed by atoms with Crippen molar-refractivity contribution < 1.29 is 13.6 Å². The van der Waals surface area contributed by atoms with Crippen LogP contribution in [0.4, 0.5) is 0 Å². The quantitative estimate of drug-likeness (QED) is 0.0469. The molecule has 0 saturated carbocycles. The van der Waals surface area contributed by atoms with E-state index in [2.05, 4.69) is 62.3 Å². The van der Waals surface area contributed by atoms with E-state index in [1.54, 1.807) is 0 Å². The van der Waals surface area contributed by atoms with Gasteiger partial charge in [0.1, 0.15) is 0 Å². The van der Waals surface area contributed by atoms with Gasteiger partial charge in [0, 0.05) is 0 Å². The molecule has 0 bridgehead atoms. The van der Waals surface area contributed by atoms with Crippen molar-refractivity contribution in [2.75, 3.05) is 0 Å². The molecule has 0 aromatic rings. The maximum absolute atomic E-state index is 7.21. The Balaban J connectivity index is 6.18. The average molecular weight is 713 g/mol. The summed E-state index contributed by atoms with van der Waals surface area (Å²) in [5.41, 5.74) is 0. The predicted molar refractivity (Wildman–Crippen MR) is 222 cm³/mol. The monoisotopic (exact) mass is 713 g/mol.